The first kappa shape index (κ1) is 13.9. The SMILES string of the molecule is CC=CCCSC(=NC)c1cc(F)ccc1F. The number of thioether (sulfide) groups is 1. The average Bonchev–Trinajstić information content (AvgIpc) is 2.33. The minimum Gasteiger partial charge on any atom is -0.281 e. The summed E-state index contributed by atoms with van der Waals surface area (Å²) in [6.45, 7) is 1.95. The topological polar surface area (TPSA) is 12.4 Å². The lowest BCUT2D eigenvalue weighted by Crippen LogP contribution is -2.01. The fourth-order valence-electron chi connectivity index (χ4n) is 1.31. The second kappa shape index (κ2) is 7.22. The molecule has 0 heterocycles. The normalized spacial score (nSPS) is 12.4. The summed E-state index contributed by atoms with van der Waals surface area (Å²) in [6.07, 6.45) is 4.88. The molecule has 0 unspecified atom stereocenters. The highest BCUT2D eigenvalue weighted by Gasteiger charge is 2.10. The van der Waals surface area contributed by atoms with E-state index in [0.717, 1.165) is 24.3 Å². The molecule has 0 aliphatic heterocycles. The fraction of sp³-hybridized carbons (Fsp3) is 0.308. The molecule has 0 bridgehead atoms. The summed E-state index contributed by atoms with van der Waals surface area (Å²) in [5.74, 6) is -0.0883. The van der Waals surface area contributed by atoms with Gasteiger partial charge in [0.15, 0.2) is 0 Å². The Kier molecular flexibility index (Phi) is 5.91. The number of benzene rings is 1. The Hall–Kier alpha value is -1.16. The van der Waals surface area contributed by atoms with E-state index in [0.29, 0.717) is 5.04 Å². The molecule has 0 radical (unpaired) electrons. The first-order valence-electron chi connectivity index (χ1n) is 5.35. The molecule has 0 saturated carbocycles. The molecule has 0 aromatic heterocycles. The molecule has 0 N–H and O–H groups in total. The van der Waals surface area contributed by atoms with Crippen molar-refractivity contribution in [3.8, 4) is 0 Å². The Morgan fingerprint density at radius 3 is 2.82 bits per heavy atom. The molecule has 1 aromatic carbocycles. The Morgan fingerprint density at radius 2 is 2.18 bits per heavy atom. The van der Waals surface area contributed by atoms with Crippen molar-refractivity contribution in [1.82, 2.24) is 0 Å². The van der Waals surface area contributed by atoms with E-state index in [2.05, 4.69) is 4.99 Å². The third-order valence-electron chi connectivity index (χ3n) is 2.12. The second-order valence-corrected chi connectivity index (χ2v) is 4.44. The zero-order valence-electron chi connectivity index (χ0n) is 9.91. The third kappa shape index (κ3) is 4.30. The standard InChI is InChI=1S/C13H15F2NS/c1-3-4-5-8-17-13(16-2)11-9-10(14)6-7-12(11)15/h3-4,6-7,9H,5,8H2,1-2H3. The monoisotopic (exact) mass is 255 g/mol. The van der Waals surface area contributed by atoms with Crippen LogP contribution in [-0.4, -0.2) is 17.8 Å². The maximum Gasteiger partial charge on any atom is 0.133 e. The summed E-state index contributed by atoms with van der Waals surface area (Å²) in [7, 11) is 1.59. The summed E-state index contributed by atoms with van der Waals surface area (Å²) < 4.78 is 26.6. The second-order valence-electron chi connectivity index (χ2n) is 3.36. The first-order chi connectivity index (χ1) is 8.19. The summed E-state index contributed by atoms with van der Waals surface area (Å²) in [5, 5.41) is 0.534. The van der Waals surface area contributed by atoms with E-state index >= 15 is 0 Å². The molecule has 0 spiro atoms. The van der Waals surface area contributed by atoms with E-state index in [1.165, 1.54) is 17.8 Å². The first-order valence-corrected chi connectivity index (χ1v) is 6.33. The van der Waals surface area contributed by atoms with Gasteiger partial charge in [0.25, 0.3) is 0 Å². The molecule has 0 aliphatic rings. The minimum absolute atomic E-state index is 0.234. The van der Waals surface area contributed by atoms with E-state index in [1.807, 2.05) is 19.1 Å². The highest BCUT2D eigenvalue weighted by molar-refractivity contribution is 8.14. The van der Waals surface area contributed by atoms with Gasteiger partial charge in [-0.25, -0.2) is 8.78 Å². The van der Waals surface area contributed by atoms with Gasteiger partial charge >= 0.3 is 0 Å². The van der Waals surface area contributed by atoms with Crippen molar-refractivity contribution in [2.45, 2.75) is 13.3 Å². The summed E-state index contributed by atoms with van der Waals surface area (Å²) >= 11 is 1.43. The molecule has 1 nitrogen and oxygen atoms in total. The van der Waals surface area contributed by atoms with Crippen LogP contribution in [0.5, 0.6) is 0 Å². The van der Waals surface area contributed by atoms with Gasteiger partial charge in [0.2, 0.25) is 0 Å². The maximum atomic E-state index is 13.5. The van der Waals surface area contributed by atoms with Crippen LogP contribution in [-0.2, 0) is 0 Å². The molecule has 0 amide bonds. The Bertz CT molecular complexity index is 427. The molecular weight excluding hydrogens is 240 g/mol. The van der Waals surface area contributed by atoms with Crippen LogP contribution in [0.2, 0.25) is 0 Å². The predicted octanol–water partition coefficient (Wildman–Crippen LogP) is 4.04. The van der Waals surface area contributed by atoms with Gasteiger partial charge in [0.1, 0.15) is 16.7 Å². The van der Waals surface area contributed by atoms with Crippen molar-refractivity contribution in [3.05, 3.63) is 47.5 Å². The van der Waals surface area contributed by atoms with Gasteiger partial charge in [-0.15, -0.1) is 11.8 Å². The molecule has 1 aromatic rings. The van der Waals surface area contributed by atoms with Crippen molar-refractivity contribution in [3.63, 3.8) is 0 Å². The van der Waals surface area contributed by atoms with Crippen LogP contribution in [0.3, 0.4) is 0 Å². The molecule has 17 heavy (non-hydrogen) atoms. The number of hydrogen-bond donors (Lipinski definition) is 0. The quantitative estimate of drug-likeness (QED) is 0.342. The smallest absolute Gasteiger partial charge is 0.133 e. The van der Waals surface area contributed by atoms with Crippen LogP contribution in [0.4, 0.5) is 8.78 Å². The van der Waals surface area contributed by atoms with Crippen molar-refractivity contribution in [2.75, 3.05) is 12.8 Å². The number of rotatable bonds is 4. The molecule has 92 valence electrons. The van der Waals surface area contributed by atoms with Gasteiger partial charge in [0, 0.05) is 18.4 Å². The van der Waals surface area contributed by atoms with Crippen molar-refractivity contribution >= 4 is 16.8 Å². The third-order valence-corrected chi connectivity index (χ3v) is 3.24. The van der Waals surface area contributed by atoms with E-state index in [4.69, 9.17) is 0 Å². The Morgan fingerprint density at radius 1 is 1.41 bits per heavy atom. The van der Waals surface area contributed by atoms with Crippen LogP contribution in [0, 0.1) is 11.6 Å². The van der Waals surface area contributed by atoms with Gasteiger partial charge in [0.05, 0.1) is 0 Å². The molecule has 0 saturated heterocycles. The van der Waals surface area contributed by atoms with Crippen LogP contribution in [0.15, 0.2) is 35.3 Å². The highest BCUT2D eigenvalue weighted by Crippen LogP contribution is 2.19. The van der Waals surface area contributed by atoms with Gasteiger partial charge in [-0.05, 0) is 31.5 Å². The predicted molar refractivity (Wildman–Crippen MR) is 70.7 cm³/mol. The van der Waals surface area contributed by atoms with Crippen LogP contribution >= 0.6 is 11.8 Å². The highest BCUT2D eigenvalue weighted by atomic mass is 32.2. The number of aliphatic imine (C=N–C) groups is 1. The van der Waals surface area contributed by atoms with Crippen molar-refractivity contribution in [2.24, 2.45) is 4.99 Å². The lowest BCUT2D eigenvalue weighted by molar-refractivity contribution is 0.598. The summed E-state index contributed by atoms with van der Waals surface area (Å²) in [5.41, 5.74) is 0.234. The van der Waals surface area contributed by atoms with E-state index in [1.54, 1.807) is 7.05 Å². The number of halogens is 2. The Balaban J connectivity index is 2.76. The van der Waals surface area contributed by atoms with Gasteiger partial charge in [-0.1, -0.05) is 12.2 Å². The molecule has 0 fully saturated rings. The van der Waals surface area contributed by atoms with Crippen LogP contribution in [0.1, 0.15) is 18.9 Å². The van der Waals surface area contributed by atoms with E-state index in [-0.39, 0.29) is 5.56 Å². The van der Waals surface area contributed by atoms with E-state index in [9.17, 15) is 8.78 Å². The molecule has 0 atom stereocenters. The maximum absolute atomic E-state index is 13.5. The average molecular weight is 255 g/mol. The zero-order chi connectivity index (χ0) is 12.7. The van der Waals surface area contributed by atoms with Gasteiger partial charge < -0.3 is 0 Å². The summed E-state index contributed by atoms with van der Waals surface area (Å²) in [6, 6.07) is 3.42. The summed E-state index contributed by atoms with van der Waals surface area (Å²) in [4.78, 5) is 4.01. The zero-order valence-corrected chi connectivity index (χ0v) is 10.7. The largest absolute Gasteiger partial charge is 0.281 e. The lowest BCUT2D eigenvalue weighted by Gasteiger charge is -2.06. The molecule has 1 rings (SSSR count). The van der Waals surface area contributed by atoms with Crippen molar-refractivity contribution < 1.29 is 8.78 Å². The van der Waals surface area contributed by atoms with Crippen LogP contribution < -0.4 is 0 Å². The van der Waals surface area contributed by atoms with Gasteiger partial charge in [-0.3, -0.25) is 4.99 Å². The minimum atomic E-state index is -0.448. The number of hydrogen-bond acceptors (Lipinski definition) is 2. The number of allylic oxidation sites excluding steroid dienone is 2. The number of nitrogens with zero attached hydrogens (tertiary/aromatic N) is 1. The molecular formula is C13H15F2NS. The molecule has 4 heteroatoms. The molecule has 0 aliphatic carbocycles. The lowest BCUT2D eigenvalue weighted by atomic mass is 10.2. The van der Waals surface area contributed by atoms with Gasteiger partial charge in [-0.2, -0.15) is 0 Å². The van der Waals surface area contributed by atoms with Crippen LogP contribution in [0.25, 0.3) is 0 Å². The fourth-order valence-corrected chi connectivity index (χ4v) is 2.20. The van der Waals surface area contributed by atoms with E-state index < -0.39 is 11.6 Å². The van der Waals surface area contributed by atoms with Crippen molar-refractivity contribution in [1.29, 1.82) is 0 Å². The Labute approximate surface area is 105 Å².